The highest BCUT2D eigenvalue weighted by Gasteiger charge is 2.27. The molecule has 1 aromatic rings. The molecule has 21 heavy (non-hydrogen) atoms. The summed E-state index contributed by atoms with van der Waals surface area (Å²) < 4.78 is 44.1. The molecule has 0 bridgehead atoms. The van der Waals surface area contributed by atoms with Crippen molar-refractivity contribution in [3.63, 3.8) is 0 Å². The number of halogens is 2. The highest BCUT2D eigenvalue weighted by atomic mass is 35.5. The highest BCUT2D eigenvalue weighted by molar-refractivity contribution is 7.88. The topological polar surface area (TPSA) is 67.4 Å². The lowest BCUT2D eigenvalue weighted by Crippen LogP contribution is -2.36. The predicted octanol–water partition coefficient (Wildman–Crippen LogP) is 1.31. The van der Waals surface area contributed by atoms with E-state index in [9.17, 15) is 12.8 Å². The molecule has 1 fully saturated rings. The molecule has 0 saturated carbocycles. The van der Waals surface area contributed by atoms with Gasteiger partial charge in [0, 0.05) is 25.6 Å². The fraction of sp³-hybridized carbons (Fsp3) is 0.538. The smallest absolute Gasteiger partial charge is 0.208 e. The van der Waals surface area contributed by atoms with Gasteiger partial charge in [0.05, 0.1) is 24.0 Å². The minimum absolute atomic E-state index is 0.0307. The third-order valence-electron chi connectivity index (χ3n) is 3.29. The Balaban J connectivity index is 2.20. The Morgan fingerprint density at radius 1 is 1.52 bits per heavy atom. The first kappa shape index (κ1) is 16.6. The second-order valence-electron chi connectivity index (χ2n) is 5.05. The third-order valence-corrected chi connectivity index (χ3v) is 4.27. The second-order valence-corrected chi connectivity index (χ2v) is 7.29. The van der Waals surface area contributed by atoms with Gasteiger partial charge in [0.15, 0.2) is 0 Å². The van der Waals surface area contributed by atoms with Crippen molar-refractivity contribution in [3.8, 4) is 0 Å². The van der Waals surface area contributed by atoms with Crippen LogP contribution in [0.25, 0.3) is 0 Å². The van der Waals surface area contributed by atoms with E-state index in [4.69, 9.17) is 16.3 Å². The SMILES string of the molecule is CS(=O)(=O)NC[C@@H]1CNCCOC1c1ccc(F)c(Cl)c1. The maximum absolute atomic E-state index is 13.3. The molecule has 0 spiro atoms. The highest BCUT2D eigenvalue weighted by Crippen LogP contribution is 2.29. The van der Waals surface area contributed by atoms with Crippen molar-refractivity contribution in [2.75, 3.05) is 32.5 Å². The minimum Gasteiger partial charge on any atom is -0.372 e. The second kappa shape index (κ2) is 7.02. The van der Waals surface area contributed by atoms with Crippen LogP contribution in [0.1, 0.15) is 11.7 Å². The Morgan fingerprint density at radius 2 is 2.29 bits per heavy atom. The molecule has 1 saturated heterocycles. The van der Waals surface area contributed by atoms with E-state index in [2.05, 4.69) is 10.0 Å². The van der Waals surface area contributed by atoms with Gasteiger partial charge < -0.3 is 10.1 Å². The quantitative estimate of drug-likeness (QED) is 0.870. The van der Waals surface area contributed by atoms with Crippen molar-refractivity contribution < 1.29 is 17.5 Å². The zero-order chi connectivity index (χ0) is 15.5. The van der Waals surface area contributed by atoms with E-state index in [0.717, 1.165) is 11.8 Å². The molecule has 0 radical (unpaired) electrons. The summed E-state index contributed by atoms with van der Waals surface area (Å²) in [7, 11) is -3.28. The summed E-state index contributed by atoms with van der Waals surface area (Å²) >= 11 is 5.81. The van der Waals surface area contributed by atoms with Crippen LogP contribution in [-0.4, -0.2) is 40.9 Å². The summed E-state index contributed by atoms with van der Waals surface area (Å²) in [6, 6.07) is 4.44. The lowest BCUT2D eigenvalue weighted by atomic mass is 9.95. The van der Waals surface area contributed by atoms with Crippen molar-refractivity contribution in [2.24, 2.45) is 5.92 Å². The predicted molar refractivity (Wildman–Crippen MR) is 79.3 cm³/mol. The molecule has 0 aliphatic carbocycles. The molecular weight excluding hydrogens is 319 g/mol. The van der Waals surface area contributed by atoms with E-state index in [1.54, 1.807) is 6.07 Å². The number of sulfonamides is 1. The number of rotatable bonds is 4. The van der Waals surface area contributed by atoms with Crippen molar-refractivity contribution in [2.45, 2.75) is 6.10 Å². The molecule has 0 aromatic heterocycles. The van der Waals surface area contributed by atoms with Crippen LogP contribution in [0, 0.1) is 11.7 Å². The van der Waals surface area contributed by atoms with E-state index in [1.165, 1.54) is 12.1 Å². The molecule has 118 valence electrons. The van der Waals surface area contributed by atoms with Crippen LogP contribution < -0.4 is 10.0 Å². The lowest BCUT2D eigenvalue weighted by Gasteiger charge is -2.25. The molecule has 1 aliphatic rings. The van der Waals surface area contributed by atoms with Gasteiger partial charge in [-0.3, -0.25) is 0 Å². The van der Waals surface area contributed by atoms with Gasteiger partial charge in [0.1, 0.15) is 5.82 Å². The summed E-state index contributed by atoms with van der Waals surface area (Å²) in [5.41, 5.74) is 0.741. The molecule has 1 aromatic carbocycles. The first-order chi connectivity index (χ1) is 9.87. The van der Waals surface area contributed by atoms with Crippen LogP contribution in [0.4, 0.5) is 4.39 Å². The summed E-state index contributed by atoms with van der Waals surface area (Å²) in [6.07, 6.45) is 0.772. The van der Waals surface area contributed by atoms with Gasteiger partial charge in [-0.25, -0.2) is 17.5 Å². The monoisotopic (exact) mass is 336 g/mol. The number of benzene rings is 1. The van der Waals surface area contributed by atoms with E-state index in [0.29, 0.717) is 19.7 Å². The fourth-order valence-corrected chi connectivity index (χ4v) is 2.99. The number of hydrogen-bond acceptors (Lipinski definition) is 4. The minimum atomic E-state index is -3.28. The molecule has 1 unspecified atom stereocenters. The molecule has 1 heterocycles. The molecule has 2 N–H and O–H groups in total. The van der Waals surface area contributed by atoms with Crippen LogP contribution in [0.2, 0.25) is 5.02 Å². The number of hydrogen-bond donors (Lipinski definition) is 2. The molecule has 2 rings (SSSR count). The third kappa shape index (κ3) is 4.89. The molecule has 0 amide bonds. The Kier molecular flexibility index (Phi) is 5.56. The lowest BCUT2D eigenvalue weighted by molar-refractivity contribution is 0.0322. The largest absolute Gasteiger partial charge is 0.372 e. The first-order valence-electron chi connectivity index (χ1n) is 6.59. The van der Waals surface area contributed by atoms with Crippen molar-refractivity contribution in [1.82, 2.24) is 10.0 Å². The van der Waals surface area contributed by atoms with Crippen molar-refractivity contribution in [1.29, 1.82) is 0 Å². The Bertz CT molecular complexity index is 597. The van der Waals surface area contributed by atoms with Gasteiger partial charge in [-0.15, -0.1) is 0 Å². The fourth-order valence-electron chi connectivity index (χ4n) is 2.28. The molecular formula is C13H18ClFN2O3S. The Hall–Kier alpha value is -0.730. The van der Waals surface area contributed by atoms with Crippen LogP contribution in [0.5, 0.6) is 0 Å². The van der Waals surface area contributed by atoms with Crippen LogP contribution in [-0.2, 0) is 14.8 Å². The summed E-state index contributed by atoms with van der Waals surface area (Å²) in [4.78, 5) is 0. The summed E-state index contributed by atoms with van der Waals surface area (Å²) in [5, 5.41) is 3.22. The average molecular weight is 337 g/mol. The van der Waals surface area contributed by atoms with Crippen molar-refractivity contribution >= 4 is 21.6 Å². The zero-order valence-corrected chi connectivity index (χ0v) is 13.2. The zero-order valence-electron chi connectivity index (χ0n) is 11.6. The molecule has 8 heteroatoms. The Morgan fingerprint density at radius 3 is 2.95 bits per heavy atom. The summed E-state index contributed by atoms with van der Waals surface area (Å²) in [5.74, 6) is -0.596. The van der Waals surface area contributed by atoms with Crippen molar-refractivity contribution in [3.05, 3.63) is 34.6 Å². The van der Waals surface area contributed by atoms with Gasteiger partial charge in [-0.05, 0) is 17.7 Å². The van der Waals surface area contributed by atoms with Gasteiger partial charge in [0.2, 0.25) is 10.0 Å². The average Bonchev–Trinajstić information content (AvgIpc) is 2.64. The van der Waals surface area contributed by atoms with Crippen LogP contribution in [0.3, 0.4) is 0 Å². The van der Waals surface area contributed by atoms with Gasteiger partial charge >= 0.3 is 0 Å². The molecule has 5 nitrogen and oxygen atoms in total. The van der Waals surface area contributed by atoms with E-state index in [1.807, 2.05) is 0 Å². The maximum atomic E-state index is 13.3. The maximum Gasteiger partial charge on any atom is 0.208 e. The van der Waals surface area contributed by atoms with Gasteiger partial charge in [-0.1, -0.05) is 17.7 Å². The molecule has 2 atom stereocenters. The summed E-state index contributed by atoms with van der Waals surface area (Å²) in [6.45, 7) is 2.02. The van der Waals surface area contributed by atoms with Crippen LogP contribution >= 0.6 is 11.6 Å². The van der Waals surface area contributed by atoms with E-state index < -0.39 is 15.8 Å². The van der Waals surface area contributed by atoms with Gasteiger partial charge in [0.25, 0.3) is 0 Å². The normalized spacial score (nSPS) is 23.8. The number of ether oxygens (including phenoxy) is 1. The first-order valence-corrected chi connectivity index (χ1v) is 8.85. The van der Waals surface area contributed by atoms with E-state index in [-0.39, 0.29) is 23.6 Å². The number of nitrogens with one attached hydrogen (secondary N) is 2. The van der Waals surface area contributed by atoms with Crippen LogP contribution in [0.15, 0.2) is 18.2 Å². The van der Waals surface area contributed by atoms with E-state index >= 15 is 0 Å². The molecule has 1 aliphatic heterocycles. The Labute approximate surface area is 128 Å². The standard InChI is InChI=1S/C13H18ClFN2O3S/c1-21(18,19)17-8-10-7-16-4-5-20-13(10)9-2-3-12(15)11(14)6-9/h2-3,6,10,13,16-17H,4-5,7-8H2,1H3/t10-,13?/m0/s1. The van der Waals surface area contributed by atoms with Gasteiger partial charge in [-0.2, -0.15) is 0 Å².